The molecule has 3 aromatic rings. The molecule has 1 aromatic carbocycles. The molecule has 0 radical (unpaired) electrons. The van der Waals surface area contributed by atoms with Crippen molar-refractivity contribution in [3.8, 4) is 11.4 Å². The van der Waals surface area contributed by atoms with Gasteiger partial charge in [-0.25, -0.2) is 14.4 Å². The largest absolute Gasteiger partial charge is 0.465 e. The Hall–Kier alpha value is -3.22. The standard InChI is InChI=1S/C22H23FN4O2/c1-15-5-6-19(29-15)14-25-22(28)16-8-11-27(12-9-16)20-7-10-24-21(26-20)17-3-2-4-18(23)13-17/h2-7,10,13,16H,8-9,11-12,14H2,1H3,(H,25,28). The van der Waals surface area contributed by atoms with E-state index in [1.54, 1.807) is 18.3 Å². The van der Waals surface area contributed by atoms with Crippen LogP contribution in [-0.2, 0) is 11.3 Å². The van der Waals surface area contributed by atoms with Crippen LogP contribution in [-0.4, -0.2) is 29.0 Å². The average Bonchev–Trinajstić information content (AvgIpc) is 3.17. The van der Waals surface area contributed by atoms with Gasteiger partial charge in [0.15, 0.2) is 5.82 Å². The van der Waals surface area contributed by atoms with Gasteiger partial charge in [-0.3, -0.25) is 4.79 Å². The first-order chi connectivity index (χ1) is 14.1. The Morgan fingerprint density at radius 2 is 2.07 bits per heavy atom. The maximum atomic E-state index is 13.5. The zero-order valence-corrected chi connectivity index (χ0v) is 16.3. The molecule has 0 unspecified atom stereocenters. The van der Waals surface area contributed by atoms with Crippen LogP contribution in [0.15, 0.2) is 53.1 Å². The zero-order valence-electron chi connectivity index (χ0n) is 16.3. The maximum Gasteiger partial charge on any atom is 0.223 e. The average molecular weight is 394 g/mol. The zero-order chi connectivity index (χ0) is 20.2. The van der Waals surface area contributed by atoms with Crippen LogP contribution in [0.25, 0.3) is 11.4 Å². The van der Waals surface area contributed by atoms with Crippen LogP contribution in [0.2, 0.25) is 0 Å². The van der Waals surface area contributed by atoms with E-state index in [1.807, 2.05) is 25.1 Å². The van der Waals surface area contributed by atoms with Gasteiger partial charge >= 0.3 is 0 Å². The van der Waals surface area contributed by atoms with Crippen molar-refractivity contribution >= 4 is 11.7 Å². The summed E-state index contributed by atoms with van der Waals surface area (Å²) >= 11 is 0. The Bertz CT molecular complexity index is 996. The number of rotatable bonds is 5. The second-order valence-electron chi connectivity index (χ2n) is 7.24. The fourth-order valence-corrected chi connectivity index (χ4v) is 3.56. The molecule has 1 aliphatic rings. The van der Waals surface area contributed by atoms with Crippen LogP contribution in [0.4, 0.5) is 10.2 Å². The number of amides is 1. The van der Waals surface area contributed by atoms with Crippen LogP contribution in [0.5, 0.6) is 0 Å². The van der Waals surface area contributed by atoms with Gasteiger partial charge in [-0.2, -0.15) is 0 Å². The summed E-state index contributed by atoms with van der Waals surface area (Å²) in [6.07, 6.45) is 3.19. The van der Waals surface area contributed by atoms with E-state index in [2.05, 4.69) is 20.2 Å². The summed E-state index contributed by atoms with van der Waals surface area (Å²) < 4.78 is 19.0. The molecule has 0 atom stereocenters. The van der Waals surface area contributed by atoms with Gasteiger partial charge in [-0.05, 0) is 50.1 Å². The number of aromatic nitrogens is 2. The predicted octanol–water partition coefficient (Wildman–Crippen LogP) is 3.72. The number of halogens is 1. The second kappa shape index (κ2) is 8.43. The van der Waals surface area contributed by atoms with Gasteiger partial charge in [-0.15, -0.1) is 0 Å². The first-order valence-electron chi connectivity index (χ1n) is 9.75. The summed E-state index contributed by atoms with van der Waals surface area (Å²) in [6, 6.07) is 11.9. The third-order valence-electron chi connectivity index (χ3n) is 5.15. The number of carbonyl (C=O) groups excluding carboxylic acids is 1. The van der Waals surface area contributed by atoms with E-state index in [9.17, 15) is 9.18 Å². The fraction of sp³-hybridized carbons (Fsp3) is 0.318. The number of hydrogen-bond donors (Lipinski definition) is 1. The van der Waals surface area contributed by atoms with E-state index in [0.717, 1.165) is 43.3 Å². The number of anilines is 1. The Morgan fingerprint density at radius 1 is 1.24 bits per heavy atom. The third-order valence-corrected chi connectivity index (χ3v) is 5.15. The molecule has 4 rings (SSSR count). The summed E-state index contributed by atoms with van der Waals surface area (Å²) in [5, 5.41) is 2.96. The van der Waals surface area contributed by atoms with Gasteiger partial charge < -0.3 is 14.6 Å². The van der Waals surface area contributed by atoms with E-state index >= 15 is 0 Å². The van der Waals surface area contributed by atoms with E-state index in [0.29, 0.717) is 17.9 Å². The molecule has 1 fully saturated rings. The minimum atomic E-state index is -0.312. The lowest BCUT2D eigenvalue weighted by molar-refractivity contribution is -0.125. The summed E-state index contributed by atoms with van der Waals surface area (Å²) in [6.45, 7) is 3.76. The summed E-state index contributed by atoms with van der Waals surface area (Å²) in [5.41, 5.74) is 0.647. The van der Waals surface area contributed by atoms with Crippen molar-refractivity contribution in [2.24, 2.45) is 5.92 Å². The van der Waals surface area contributed by atoms with Gasteiger partial charge in [0.25, 0.3) is 0 Å². The Kier molecular flexibility index (Phi) is 5.55. The molecule has 1 amide bonds. The smallest absolute Gasteiger partial charge is 0.223 e. The number of benzene rings is 1. The van der Waals surface area contributed by atoms with Crippen molar-refractivity contribution in [2.45, 2.75) is 26.3 Å². The normalized spacial score (nSPS) is 14.8. The van der Waals surface area contributed by atoms with Gasteiger partial charge in [0, 0.05) is 30.8 Å². The maximum absolute atomic E-state index is 13.5. The number of aryl methyl sites for hydroxylation is 1. The molecule has 0 saturated carbocycles. The molecule has 150 valence electrons. The number of carbonyl (C=O) groups is 1. The Balaban J connectivity index is 1.34. The third kappa shape index (κ3) is 4.62. The molecule has 6 nitrogen and oxygen atoms in total. The van der Waals surface area contributed by atoms with Gasteiger partial charge in [0.2, 0.25) is 5.91 Å². The summed E-state index contributed by atoms with van der Waals surface area (Å²) in [4.78, 5) is 23.5. The molecule has 1 aliphatic heterocycles. The number of nitrogens with one attached hydrogen (secondary N) is 1. The van der Waals surface area contributed by atoms with Crippen LogP contribution in [0.3, 0.4) is 0 Å². The molecule has 7 heteroatoms. The van der Waals surface area contributed by atoms with E-state index < -0.39 is 0 Å². The van der Waals surface area contributed by atoms with Crippen LogP contribution < -0.4 is 10.2 Å². The van der Waals surface area contributed by atoms with Gasteiger partial charge in [0.1, 0.15) is 23.2 Å². The highest BCUT2D eigenvalue weighted by Crippen LogP contribution is 2.24. The molecule has 29 heavy (non-hydrogen) atoms. The SMILES string of the molecule is Cc1ccc(CNC(=O)C2CCN(c3ccnc(-c4cccc(F)c4)n3)CC2)o1. The lowest BCUT2D eigenvalue weighted by Crippen LogP contribution is -2.40. The number of furan rings is 1. The fourth-order valence-electron chi connectivity index (χ4n) is 3.56. The van der Waals surface area contributed by atoms with Crippen LogP contribution in [0.1, 0.15) is 24.4 Å². The lowest BCUT2D eigenvalue weighted by Gasteiger charge is -2.32. The van der Waals surface area contributed by atoms with Crippen molar-refractivity contribution < 1.29 is 13.6 Å². The molecule has 0 bridgehead atoms. The van der Waals surface area contributed by atoms with E-state index in [-0.39, 0.29) is 17.6 Å². The monoisotopic (exact) mass is 394 g/mol. The highest BCUT2D eigenvalue weighted by atomic mass is 19.1. The molecule has 1 saturated heterocycles. The minimum Gasteiger partial charge on any atom is -0.465 e. The Labute approximate surface area is 168 Å². The molecule has 0 aliphatic carbocycles. The van der Waals surface area contributed by atoms with Crippen molar-refractivity contribution in [2.75, 3.05) is 18.0 Å². The van der Waals surface area contributed by atoms with Crippen molar-refractivity contribution in [1.29, 1.82) is 0 Å². The van der Waals surface area contributed by atoms with Crippen molar-refractivity contribution in [3.05, 3.63) is 66.0 Å². The second-order valence-corrected chi connectivity index (χ2v) is 7.24. The van der Waals surface area contributed by atoms with Gasteiger partial charge in [-0.1, -0.05) is 12.1 Å². The van der Waals surface area contributed by atoms with Crippen LogP contribution in [0, 0.1) is 18.7 Å². The first-order valence-corrected chi connectivity index (χ1v) is 9.75. The molecule has 0 spiro atoms. The number of piperidine rings is 1. The lowest BCUT2D eigenvalue weighted by atomic mass is 9.96. The van der Waals surface area contributed by atoms with Crippen LogP contribution >= 0.6 is 0 Å². The first kappa shape index (κ1) is 19.1. The quantitative estimate of drug-likeness (QED) is 0.714. The molecule has 1 N–H and O–H groups in total. The van der Waals surface area contributed by atoms with E-state index in [4.69, 9.17) is 4.42 Å². The Morgan fingerprint density at radius 3 is 2.79 bits per heavy atom. The number of nitrogens with zero attached hydrogens (tertiary/aromatic N) is 3. The van der Waals surface area contributed by atoms with Gasteiger partial charge in [0.05, 0.1) is 6.54 Å². The highest BCUT2D eigenvalue weighted by Gasteiger charge is 2.25. The number of hydrogen-bond acceptors (Lipinski definition) is 5. The van der Waals surface area contributed by atoms with Crippen molar-refractivity contribution in [3.63, 3.8) is 0 Å². The van der Waals surface area contributed by atoms with E-state index in [1.165, 1.54) is 12.1 Å². The predicted molar refractivity (Wildman–Crippen MR) is 108 cm³/mol. The van der Waals surface area contributed by atoms with Crippen molar-refractivity contribution in [1.82, 2.24) is 15.3 Å². The molecular formula is C22H23FN4O2. The summed E-state index contributed by atoms with van der Waals surface area (Å²) in [7, 11) is 0. The summed E-state index contributed by atoms with van der Waals surface area (Å²) in [5.74, 6) is 2.62. The highest BCUT2D eigenvalue weighted by molar-refractivity contribution is 5.78. The topological polar surface area (TPSA) is 71.3 Å². The molecule has 3 heterocycles. The molecular weight excluding hydrogens is 371 g/mol. The minimum absolute atomic E-state index is 0.0214. The molecule has 2 aromatic heterocycles.